The van der Waals surface area contributed by atoms with Crippen molar-refractivity contribution >= 4 is 47.2 Å². The van der Waals surface area contributed by atoms with Gasteiger partial charge in [0.05, 0.1) is 26.3 Å². The molecule has 7 nitrogen and oxygen atoms in total. The first kappa shape index (κ1) is 23.7. The van der Waals surface area contributed by atoms with Crippen molar-refractivity contribution in [2.75, 3.05) is 36.5 Å². The molecule has 2 aromatic carbocycles. The number of aliphatic imine (C=N–C) groups is 1. The number of nitrogens with one attached hydrogen (secondary N) is 2. The van der Waals surface area contributed by atoms with E-state index in [1.165, 1.54) is 0 Å². The number of ether oxygens (including phenoxy) is 2. The number of benzene rings is 2. The standard InChI is InChI=1S/C24H26N4O3.HI/c1-2-12-25-24(27-19-8-11-21-22(16-19)31-15-4-14-30-21)26-17-18-6-9-20(10-7-18)28-13-3-5-23(28)29;/h1,6-11,16H,3-5,12-15,17H2,(H2,25,26,27);1H. The molecular formula is C24H27IN4O3. The van der Waals surface area contributed by atoms with Crippen LogP contribution in [0.3, 0.4) is 0 Å². The van der Waals surface area contributed by atoms with E-state index in [4.69, 9.17) is 15.9 Å². The molecule has 168 valence electrons. The van der Waals surface area contributed by atoms with Gasteiger partial charge >= 0.3 is 0 Å². The highest BCUT2D eigenvalue weighted by molar-refractivity contribution is 14.0. The number of anilines is 2. The Morgan fingerprint density at radius 3 is 2.59 bits per heavy atom. The molecule has 1 amide bonds. The maximum atomic E-state index is 11.9. The second-order valence-corrected chi connectivity index (χ2v) is 7.37. The number of nitrogens with zero attached hydrogens (tertiary/aromatic N) is 2. The van der Waals surface area contributed by atoms with Crippen LogP contribution < -0.4 is 25.0 Å². The molecule has 0 bridgehead atoms. The molecule has 0 radical (unpaired) electrons. The van der Waals surface area contributed by atoms with Crippen LogP contribution in [-0.2, 0) is 11.3 Å². The van der Waals surface area contributed by atoms with E-state index in [1.807, 2.05) is 47.4 Å². The van der Waals surface area contributed by atoms with E-state index >= 15 is 0 Å². The topological polar surface area (TPSA) is 75.2 Å². The van der Waals surface area contributed by atoms with Crippen molar-refractivity contribution in [2.24, 2.45) is 4.99 Å². The molecule has 0 aliphatic carbocycles. The third-order valence-corrected chi connectivity index (χ3v) is 5.11. The van der Waals surface area contributed by atoms with Gasteiger partial charge in [0, 0.05) is 36.8 Å². The summed E-state index contributed by atoms with van der Waals surface area (Å²) in [7, 11) is 0. The van der Waals surface area contributed by atoms with Crippen molar-refractivity contribution in [1.29, 1.82) is 0 Å². The van der Waals surface area contributed by atoms with Crippen molar-refractivity contribution in [2.45, 2.75) is 25.8 Å². The van der Waals surface area contributed by atoms with Crippen molar-refractivity contribution in [3.05, 3.63) is 48.0 Å². The molecule has 32 heavy (non-hydrogen) atoms. The molecule has 4 rings (SSSR count). The quantitative estimate of drug-likeness (QED) is 0.259. The summed E-state index contributed by atoms with van der Waals surface area (Å²) in [5, 5.41) is 6.39. The molecule has 1 fully saturated rings. The van der Waals surface area contributed by atoms with E-state index in [0.29, 0.717) is 44.4 Å². The van der Waals surface area contributed by atoms with Gasteiger partial charge in [0.25, 0.3) is 0 Å². The smallest absolute Gasteiger partial charge is 0.227 e. The Kier molecular flexibility index (Phi) is 8.62. The van der Waals surface area contributed by atoms with E-state index in [9.17, 15) is 4.79 Å². The number of rotatable bonds is 5. The van der Waals surface area contributed by atoms with E-state index in [-0.39, 0.29) is 29.9 Å². The number of guanidine groups is 1. The van der Waals surface area contributed by atoms with Crippen LogP contribution in [0, 0.1) is 12.3 Å². The Labute approximate surface area is 205 Å². The number of hydrogen-bond acceptors (Lipinski definition) is 4. The van der Waals surface area contributed by atoms with Gasteiger partial charge in [-0.1, -0.05) is 18.1 Å². The zero-order valence-corrected chi connectivity index (χ0v) is 20.1. The number of fused-ring (bicyclic) bond motifs is 1. The summed E-state index contributed by atoms with van der Waals surface area (Å²) < 4.78 is 11.4. The van der Waals surface area contributed by atoms with Gasteiger partial charge in [-0.25, -0.2) is 4.99 Å². The molecule has 1 saturated heterocycles. The Bertz CT molecular complexity index is 1000. The predicted octanol–water partition coefficient (Wildman–Crippen LogP) is 3.78. The maximum absolute atomic E-state index is 11.9. The zero-order valence-electron chi connectivity index (χ0n) is 17.8. The third kappa shape index (κ3) is 6.07. The summed E-state index contributed by atoms with van der Waals surface area (Å²) in [4.78, 5) is 18.4. The fraction of sp³-hybridized carbons (Fsp3) is 0.333. The number of carbonyl (C=O) groups is 1. The molecule has 0 atom stereocenters. The van der Waals surface area contributed by atoms with Crippen LogP contribution in [0.15, 0.2) is 47.5 Å². The molecule has 0 saturated carbocycles. The fourth-order valence-corrected chi connectivity index (χ4v) is 3.52. The molecule has 2 aromatic rings. The minimum Gasteiger partial charge on any atom is -0.490 e. The summed E-state index contributed by atoms with van der Waals surface area (Å²) in [6.45, 7) is 2.90. The molecule has 2 aliphatic heterocycles. The summed E-state index contributed by atoms with van der Waals surface area (Å²) >= 11 is 0. The highest BCUT2D eigenvalue weighted by Gasteiger charge is 2.21. The Hall–Kier alpha value is -2.93. The van der Waals surface area contributed by atoms with Gasteiger partial charge in [0.1, 0.15) is 0 Å². The zero-order chi connectivity index (χ0) is 21.5. The Balaban J connectivity index is 0.00000289. The van der Waals surface area contributed by atoms with Crippen LogP contribution in [-0.4, -0.2) is 38.2 Å². The molecule has 8 heteroatoms. The first-order chi connectivity index (χ1) is 15.2. The number of amides is 1. The molecule has 2 aliphatic rings. The average Bonchev–Trinajstić information content (AvgIpc) is 3.08. The van der Waals surface area contributed by atoms with Crippen molar-refractivity contribution < 1.29 is 14.3 Å². The summed E-state index contributed by atoms with van der Waals surface area (Å²) in [6.07, 6.45) is 7.81. The first-order valence-electron chi connectivity index (χ1n) is 10.5. The SMILES string of the molecule is C#CCNC(=NCc1ccc(N2CCCC2=O)cc1)Nc1ccc2c(c1)OCCCO2.I. The first-order valence-corrected chi connectivity index (χ1v) is 10.5. The van der Waals surface area contributed by atoms with Crippen LogP contribution in [0.25, 0.3) is 0 Å². The molecule has 0 aromatic heterocycles. The van der Waals surface area contributed by atoms with E-state index in [1.54, 1.807) is 0 Å². The van der Waals surface area contributed by atoms with Crippen molar-refractivity contribution in [3.63, 3.8) is 0 Å². The highest BCUT2D eigenvalue weighted by atomic mass is 127. The van der Waals surface area contributed by atoms with Gasteiger partial charge in [0.15, 0.2) is 17.5 Å². The second kappa shape index (κ2) is 11.6. The average molecular weight is 546 g/mol. The minimum atomic E-state index is 0. The van der Waals surface area contributed by atoms with Crippen LogP contribution in [0.5, 0.6) is 11.5 Å². The second-order valence-electron chi connectivity index (χ2n) is 7.37. The Morgan fingerprint density at radius 1 is 1.09 bits per heavy atom. The van der Waals surface area contributed by atoms with E-state index in [0.717, 1.165) is 42.1 Å². The minimum absolute atomic E-state index is 0. The lowest BCUT2D eigenvalue weighted by Crippen LogP contribution is -2.31. The number of halogens is 1. The predicted molar refractivity (Wildman–Crippen MR) is 137 cm³/mol. The molecule has 2 N–H and O–H groups in total. The lowest BCUT2D eigenvalue weighted by Gasteiger charge is -2.16. The van der Waals surface area contributed by atoms with Gasteiger partial charge in [-0.3, -0.25) is 4.79 Å². The molecule has 0 unspecified atom stereocenters. The van der Waals surface area contributed by atoms with Gasteiger partial charge in [-0.15, -0.1) is 30.4 Å². The summed E-state index contributed by atoms with van der Waals surface area (Å²) in [5.74, 6) is 4.79. The number of hydrogen-bond donors (Lipinski definition) is 2. The van der Waals surface area contributed by atoms with Crippen LogP contribution in [0.2, 0.25) is 0 Å². The lowest BCUT2D eigenvalue weighted by molar-refractivity contribution is -0.117. The highest BCUT2D eigenvalue weighted by Crippen LogP contribution is 2.32. The number of carbonyl (C=O) groups excluding carboxylic acids is 1. The monoisotopic (exact) mass is 546 g/mol. The van der Waals surface area contributed by atoms with Gasteiger partial charge in [-0.05, 0) is 36.2 Å². The summed E-state index contributed by atoms with van der Waals surface area (Å²) in [5.41, 5.74) is 2.80. The van der Waals surface area contributed by atoms with Crippen molar-refractivity contribution in [1.82, 2.24) is 5.32 Å². The summed E-state index contributed by atoms with van der Waals surface area (Å²) in [6, 6.07) is 13.6. The number of terminal acetylenes is 1. The fourth-order valence-electron chi connectivity index (χ4n) is 3.52. The normalized spacial score (nSPS) is 15.4. The van der Waals surface area contributed by atoms with Crippen molar-refractivity contribution in [3.8, 4) is 23.8 Å². The Morgan fingerprint density at radius 2 is 1.88 bits per heavy atom. The lowest BCUT2D eigenvalue weighted by atomic mass is 10.2. The largest absolute Gasteiger partial charge is 0.490 e. The van der Waals surface area contributed by atoms with Gasteiger partial charge < -0.3 is 25.0 Å². The maximum Gasteiger partial charge on any atom is 0.227 e. The molecule has 0 spiro atoms. The van der Waals surface area contributed by atoms with Gasteiger partial charge in [0.2, 0.25) is 5.91 Å². The van der Waals surface area contributed by atoms with E-state index < -0.39 is 0 Å². The van der Waals surface area contributed by atoms with Gasteiger partial charge in [-0.2, -0.15) is 0 Å². The van der Waals surface area contributed by atoms with E-state index in [2.05, 4.69) is 21.5 Å². The van der Waals surface area contributed by atoms with Crippen LogP contribution >= 0.6 is 24.0 Å². The van der Waals surface area contributed by atoms with Crippen LogP contribution in [0.4, 0.5) is 11.4 Å². The van der Waals surface area contributed by atoms with Crippen LogP contribution in [0.1, 0.15) is 24.8 Å². The molecule has 2 heterocycles. The molecular weight excluding hydrogens is 519 g/mol. The third-order valence-electron chi connectivity index (χ3n) is 5.11.